The summed E-state index contributed by atoms with van der Waals surface area (Å²) in [7, 11) is 0. The zero-order chi connectivity index (χ0) is 15.0. The van der Waals surface area contributed by atoms with Crippen LogP contribution in [0.4, 0.5) is 5.69 Å². The molecular weight excluding hydrogens is 264 g/mol. The van der Waals surface area contributed by atoms with E-state index in [4.69, 9.17) is 10.2 Å². The van der Waals surface area contributed by atoms with Gasteiger partial charge in [-0.05, 0) is 56.5 Å². The van der Waals surface area contributed by atoms with E-state index in [0.717, 1.165) is 29.9 Å². The van der Waals surface area contributed by atoms with Gasteiger partial charge < -0.3 is 15.1 Å². The number of anilines is 1. The quantitative estimate of drug-likeness (QED) is 0.876. The molecule has 4 nitrogen and oxygen atoms in total. The predicted molar refractivity (Wildman–Crippen MR) is 81.9 cm³/mol. The van der Waals surface area contributed by atoms with Gasteiger partial charge in [-0.25, -0.2) is 0 Å². The van der Waals surface area contributed by atoms with E-state index in [1.807, 2.05) is 43.0 Å². The summed E-state index contributed by atoms with van der Waals surface area (Å²) < 4.78 is 5.60. The summed E-state index contributed by atoms with van der Waals surface area (Å²) in [6.45, 7) is 4.37. The van der Waals surface area contributed by atoms with Crippen LogP contribution in [0.2, 0.25) is 0 Å². The highest BCUT2D eigenvalue weighted by atomic mass is 16.3. The van der Waals surface area contributed by atoms with Crippen LogP contribution in [0, 0.1) is 13.8 Å². The third kappa shape index (κ3) is 2.94. The zero-order valence-electron chi connectivity index (χ0n) is 12.4. The molecule has 1 saturated carbocycles. The summed E-state index contributed by atoms with van der Waals surface area (Å²) >= 11 is 0. The number of aryl methyl sites for hydroxylation is 2. The van der Waals surface area contributed by atoms with Crippen molar-refractivity contribution in [3.05, 3.63) is 53.0 Å². The van der Waals surface area contributed by atoms with Crippen LogP contribution >= 0.6 is 0 Å². The first-order valence-electron chi connectivity index (χ1n) is 7.27. The molecule has 1 fully saturated rings. The van der Waals surface area contributed by atoms with Gasteiger partial charge in [0.1, 0.15) is 11.5 Å². The molecule has 1 aromatic heterocycles. The van der Waals surface area contributed by atoms with Gasteiger partial charge in [-0.1, -0.05) is 6.07 Å². The van der Waals surface area contributed by atoms with Crippen molar-refractivity contribution in [2.75, 3.05) is 5.73 Å². The highest BCUT2D eigenvalue weighted by Crippen LogP contribution is 2.30. The second-order valence-electron chi connectivity index (χ2n) is 5.75. The molecule has 1 aromatic carbocycles. The summed E-state index contributed by atoms with van der Waals surface area (Å²) in [5, 5.41) is 0. The van der Waals surface area contributed by atoms with Crippen LogP contribution in [0.5, 0.6) is 0 Å². The molecule has 0 aliphatic heterocycles. The Morgan fingerprint density at radius 2 is 2.05 bits per heavy atom. The standard InChI is InChI=1S/C17H20N2O2/c1-11-3-5-13(9-16(11)18)17(20)19(14-6-7-14)10-15-8-4-12(2)21-15/h3-5,8-9,14H,6-7,10,18H2,1-2H3. The van der Waals surface area contributed by atoms with Crippen molar-refractivity contribution < 1.29 is 9.21 Å². The van der Waals surface area contributed by atoms with E-state index in [-0.39, 0.29) is 5.91 Å². The number of nitrogens with zero attached hydrogens (tertiary/aromatic N) is 1. The molecule has 21 heavy (non-hydrogen) atoms. The molecule has 1 heterocycles. The molecule has 0 saturated heterocycles. The van der Waals surface area contributed by atoms with E-state index >= 15 is 0 Å². The van der Waals surface area contributed by atoms with Crippen LogP contribution in [0.15, 0.2) is 34.7 Å². The van der Waals surface area contributed by atoms with Gasteiger partial charge >= 0.3 is 0 Å². The summed E-state index contributed by atoms with van der Waals surface area (Å²) in [4.78, 5) is 14.6. The van der Waals surface area contributed by atoms with Crippen molar-refractivity contribution in [2.24, 2.45) is 0 Å². The van der Waals surface area contributed by atoms with E-state index in [9.17, 15) is 4.79 Å². The largest absolute Gasteiger partial charge is 0.464 e. The zero-order valence-corrected chi connectivity index (χ0v) is 12.4. The number of furan rings is 1. The first-order valence-corrected chi connectivity index (χ1v) is 7.27. The van der Waals surface area contributed by atoms with Crippen molar-refractivity contribution in [3.8, 4) is 0 Å². The maximum atomic E-state index is 12.7. The predicted octanol–water partition coefficient (Wildman–Crippen LogP) is 3.28. The molecule has 3 rings (SSSR count). The molecule has 1 aliphatic rings. The van der Waals surface area contributed by atoms with E-state index in [1.54, 1.807) is 6.07 Å². The lowest BCUT2D eigenvalue weighted by Crippen LogP contribution is -2.32. The second kappa shape index (κ2) is 5.28. The van der Waals surface area contributed by atoms with Crippen molar-refractivity contribution in [3.63, 3.8) is 0 Å². The Labute approximate surface area is 124 Å². The summed E-state index contributed by atoms with van der Waals surface area (Å²) in [5.41, 5.74) is 8.21. The fourth-order valence-corrected chi connectivity index (χ4v) is 2.43. The van der Waals surface area contributed by atoms with Crippen molar-refractivity contribution >= 4 is 11.6 Å². The van der Waals surface area contributed by atoms with E-state index < -0.39 is 0 Å². The number of carbonyl (C=O) groups is 1. The lowest BCUT2D eigenvalue weighted by Gasteiger charge is -2.21. The van der Waals surface area contributed by atoms with Crippen LogP contribution < -0.4 is 5.73 Å². The minimum atomic E-state index is 0.0262. The lowest BCUT2D eigenvalue weighted by atomic mass is 10.1. The van der Waals surface area contributed by atoms with Gasteiger partial charge in [0.25, 0.3) is 5.91 Å². The third-order valence-corrected chi connectivity index (χ3v) is 3.90. The molecule has 0 spiro atoms. The average molecular weight is 284 g/mol. The fraction of sp³-hybridized carbons (Fsp3) is 0.353. The molecular formula is C17H20N2O2. The number of nitrogens with two attached hydrogens (primary N) is 1. The maximum Gasteiger partial charge on any atom is 0.254 e. The van der Waals surface area contributed by atoms with Gasteiger partial charge in [-0.15, -0.1) is 0 Å². The lowest BCUT2D eigenvalue weighted by molar-refractivity contribution is 0.0717. The Balaban J connectivity index is 1.83. The number of hydrogen-bond acceptors (Lipinski definition) is 3. The van der Waals surface area contributed by atoms with Crippen molar-refractivity contribution in [2.45, 2.75) is 39.3 Å². The molecule has 0 radical (unpaired) electrons. The first kappa shape index (κ1) is 13.7. The monoisotopic (exact) mass is 284 g/mol. The molecule has 1 aliphatic carbocycles. The van der Waals surface area contributed by atoms with Gasteiger partial charge in [-0.3, -0.25) is 4.79 Å². The second-order valence-corrected chi connectivity index (χ2v) is 5.75. The highest BCUT2D eigenvalue weighted by molar-refractivity contribution is 5.95. The first-order chi connectivity index (χ1) is 10.0. The molecule has 0 unspecified atom stereocenters. The number of benzene rings is 1. The number of carbonyl (C=O) groups excluding carboxylic acids is 1. The topological polar surface area (TPSA) is 59.5 Å². The number of nitrogen functional groups attached to an aromatic ring is 1. The number of hydrogen-bond donors (Lipinski definition) is 1. The number of rotatable bonds is 4. The van der Waals surface area contributed by atoms with Crippen LogP contribution in [0.1, 0.15) is 40.3 Å². The third-order valence-electron chi connectivity index (χ3n) is 3.90. The molecule has 0 atom stereocenters. The molecule has 1 amide bonds. The average Bonchev–Trinajstić information content (AvgIpc) is 3.21. The maximum absolute atomic E-state index is 12.7. The van der Waals surface area contributed by atoms with E-state index in [0.29, 0.717) is 23.8 Å². The van der Waals surface area contributed by atoms with Crippen molar-refractivity contribution in [1.82, 2.24) is 4.90 Å². The molecule has 0 bridgehead atoms. The Kier molecular flexibility index (Phi) is 3.45. The van der Waals surface area contributed by atoms with Crippen LogP contribution in [-0.4, -0.2) is 16.8 Å². The van der Waals surface area contributed by atoms with Gasteiger partial charge in [-0.2, -0.15) is 0 Å². The molecule has 2 N–H and O–H groups in total. The van der Waals surface area contributed by atoms with Gasteiger partial charge in [0.05, 0.1) is 6.54 Å². The van der Waals surface area contributed by atoms with Crippen LogP contribution in [-0.2, 0) is 6.54 Å². The molecule has 110 valence electrons. The van der Waals surface area contributed by atoms with E-state index in [1.165, 1.54) is 0 Å². The van der Waals surface area contributed by atoms with Gasteiger partial charge in [0.2, 0.25) is 0 Å². The number of amides is 1. The molecule has 2 aromatic rings. The normalized spacial score (nSPS) is 14.2. The highest BCUT2D eigenvalue weighted by Gasteiger charge is 2.33. The summed E-state index contributed by atoms with van der Waals surface area (Å²) in [6, 6.07) is 9.68. The Hall–Kier alpha value is -2.23. The van der Waals surface area contributed by atoms with Crippen LogP contribution in [0.25, 0.3) is 0 Å². The Morgan fingerprint density at radius 1 is 1.29 bits per heavy atom. The fourth-order valence-electron chi connectivity index (χ4n) is 2.43. The minimum Gasteiger partial charge on any atom is -0.464 e. The van der Waals surface area contributed by atoms with Gasteiger partial charge in [0, 0.05) is 17.3 Å². The van der Waals surface area contributed by atoms with Crippen LogP contribution in [0.3, 0.4) is 0 Å². The minimum absolute atomic E-state index is 0.0262. The Bertz CT molecular complexity index is 671. The summed E-state index contributed by atoms with van der Waals surface area (Å²) in [5.74, 6) is 1.72. The van der Waals surface area contributed by atoms with Gasteiger partial charge in [0.15, 0.2) is 0 Å². The summed E-state index contributed by atoms with van der Waals surface area (Å²) in [6.07, 6.45) is 2.12. The molecule has 4 heteroatoms. The SMILES string of the molecule is Cc1ccc(CN(C(=O)c2ccc(C)c(N)c2)C2CC2)o1. The van der Waals surface area contributed by atoms with E-state index in [2.05, 4.69) is 0 Å². The van der Waals surface area contributed by atoms with Crippen molar-refractivity contribution in [1.29, 1.82) is 0 Å². The Morgan fingerprint density at radius 3 is 2.62 bits per heavy atom. The smallest absolute Gasteiger partial charge is 0.254 e.